The van der Waals surface area contributed by atoms with E-state index in [2.05, 4.69) is 5.32 Å². The van der Waals surface area contributed by atoms with E-state index in [0.717, 1.165) is 25.8 Å². The first-order valence-corrected chi connectivity index (χ1v) is 9.82. The molecule has 0 aliphatic carbocycles. The second kappa shape index (κ2) is 9.15. The Bertz CT molecular complexity index is 849. The molecule has 1 N–H and O–H groups in total. The molecule has 7 heteroatoms. The van der Waals surface area contributed by atoms with Crippen LogP contribution in [0, 0.1) is 12.8 Å². The zero-order valence-electron chi connectivity index (χ0n) is 16.2. The number of hydrogen-bond acceptors (Lipinski definition) is 4. The van der Waals surface area contributed by atoms with Gasteiger partial charge in [-0.2, -0.15) is 0 Å². The third-order valence-electron chi connectivity index (χ3n) is 5.11. The van der Waals surface area contributed by atoms with Crippen LogP contribution in [0.3, 0.4) is 0 Å². The third kappa shape index (κ3) is 4.87. The van der Waals surface area contributed by atoms with Crippen molar-refractivity contribution in [1.82, 2.24) is 4.90 Å². The van der Waals surface area contributed by atoms with Crippen LogP contribution < -0.4 is 10.1 Å². The van der Waals surface area contributed by atoms with Crippen molar-refractivity contribution in [3.63, 3.8) is 0 Å². The molecule has 1 saturated heterocycles. The van der Waals surface area contributed by atoms with Crippen molar-refractivity contribution in [2.24, 2.45) is 5.92 Å². The number of nitrogens with one attached hydrogen (secondary N) is 1. The van der Waals surface area contributed by atoms with Gasteiger partial charge in [0.1, 0.15) is 11.5 Å². The molecule has 1 aliphatic rings. The van der Waals surface area contributed by atoms with Crippen LogP contribution in [0.1, 0.15) is 41.8 Å². The van der Waals surface area contributed by atoms with E-state index in [-0.39, 0.29) is 11.8 Å². The first kappa shape index (κ1) is 20.3. The summed E-state index contributed by atoms with van der Waals surface area (Å²) in [6.07, 6.45) is 4.66. The summed E-state index contributed by atoms with van der Waals surface area (Å²) in [6.45, 7) is 3.21. The van der Waals surface area contributed by atoms with Crippen LogP contribution in [0.15, 0.2) is 34.9 Å². The molecule has 0 saturated carbocycles. The van der Waals surface area contributed by atoms with Gasteiger partial charge >= 0.3 is 0 Å². The van der Waals surface area contributed by atoms with Gasteiger partial charge in [-0.25, -0.2) is 0 Å². The summed E-state index contributed by atoms with van der Waals surface area (Å²) in [4.78, 5) is 26.8. The van der Waals surface area contributed by atoms with Gasteiger partial charge in [-0.3, -0.25) is 9.59 Å². The van der Waals surface area contributed by atoms with E-state index in [1.807, 2.05) is 4.90 Å². The minimum Gasteiger partial charge on any atom is -0.495 e. The number of likely N-dealkylation sites (tertiary alicyclic amines) is 1. The fourth-order valence-electron chi connectivity index (χ4n) is 3.57. The molecule has 28 heavy (non-hydrogen) atoms. The maximum absolute atomic E-state index is 12.7. The summed E-state index contributed by atoms with van der Waals surface area (Å²) in [5.41, 5.74) is 1.27. The van der Waals surface area contributed by atoms with Crippen molar-refractivity contribution in [3.05, 3.63) is 46.9 Å². The van der Waals surface area contributed by atoms with Crippen LogP contribution in [0.4, 0.5) is 5.69 Å². The molecule has 0 unspecified atom stereocenters. The van der Waals surface area contributed by atoms with E-state index >= 15 is 0 Å². The minimum atomic E-state index is -0.0598. The van der Waals surface area contributed by atoms with Gasteiger partial charge in [-0.1, -0.05) is 11.6 Å². The van der Waals surface area contributed by atoms with E-state index in [4.69, 9.17) is 20.8 Å². The van der Waals surface area contributed by atoms with Crippen LogP contribution in [-0.2, 0) is 4.79 Å². The van der Waals surface area contributed by atoms with Gasteiger partial charge < -0.3 is 19.4 Å². The number of methoxy groups -OCH3 is 1. The Morgan fingerprint density at radius 3 is 2.86 bits per heavy atom. The highest BCUT2D eigenvalue weighted by Crippen LogP contribution is 2.28. The van der Waals surface area contributed by atoms with Gasteiger partial charge in [0.05, 0.1) is 24.0 Å². The van der Waals surface area contributed by atoms with Gasteiger partial charge in [0.25, 0.3) is 5.91 Å². The molecule has 0 bridgehead atoms. The fraction of sp³-hybridized carbons (Fsp3) is 0.429. The summed E-state index contributed by atoms with van der Waals surface area (Å²) in [7, 11) is 1.55. The molecule has 2 heterocycles. The minimum absolute atomic E-state index is 0.00766. The van der Waals surface area contributed by atoms with E-state index in [9.17, 15) is 9.59 Å². The van der Waals surface area contributed by atoms with Gasteiger partial charge in [-0.05, 0) is 56.4 Å². The molecule has 1 aromatic heterocycles. The number of amides is 2. The number of carbonyl (C=O) groups excluding carboxylic acids is 2. The number of furan rings is 1. The topological polar surface area (TPSA) is 71.8 Å². The average molecular weight is 405 g/mol. The van der Waals surface area contributed by atoms with Crippen molar-refractivity contribution in [2.75, 3.05) is 25.5 Å². The zero-order valence-corrected chi connectivity index (χ0v) is 16.9. The van der Waals surface area contributed by atoms with Crippen molar-refractivity contribution >= 4 is 29.1 Å². The van der Waals surface area contributed by atoms with Gasteiger partial charge in [0, 0.05) is 25.2 Å². The van der Waals surface area contributed by atoms with Crippen LogP contribution in [-0.4, -0.2) is 36.9 Å². The smallest absolute Gasteiger partial charge is 0.257 e. The maximum atomic E-state index is 12.7. The van der Waals surface area contributed by atoms with Crippen molar-refractivity contribution in [2.45, 2.75) is 32.6 Å². The van der Waals surface area contributed by atoms with E-state index in [1.165, 1.54) is 0 Å². The number of benzene rings is 1. The number of rotatable bonds is 6. The summed E-state index contributed by atoms with van der Waals surface area (Å²) in [6, 6.07) is 6.87. The number of piperidine rings is 1. The number of hydrogen-bond donors (Lipinski definition) is 1. The molecule has 2 aromatic rings. The van der Waals surface area contributed by atoms with Crippen molar-refractivity contribution in [3.8, 4) is 5.75 Å². The van der Waals surface area contributed by atoms with E-state index in [0.29, 0.717) is 46.7 Å². The highest BCUT2D eigenvalue weighted by molar-refractivity contribution is 6.32. The first-order valence-electron chi connectivity index (χ1n) is 9.44. The lowest BCUT2D eigenvalue weighted by atomic mass is 9.93. The zero-order chi connectivity index (χ0) is 20.1. The van der Waals surface area contributed by atoms with Gasteiger partial charge in [0.15, 0.2) is 0 Å². The van der Waals surface area contributed by atoms with Gasteiger partial charge in [-0.15, -0.1) is 0 Å². The summed E-state index contributed by atoms with van der Waals surface area (Å²) in [5, 5.41) is 3.32. The Hall–Kier alpha value is -2.47. The molecule has 1 atom stereocenters. The predicted octanol–water partition coefficient (Wildman–Crippen LogP) is 4.52. The molecule has 0 radical (unpaired) electrons. The number of halogens is 1. The molecule has 2 amide bonds. The van der Waals surface area contributed by atoms with Crippen LogP contribution in [0.2, 0.25) is 5.02 Å². The number of aryl methyl sites for hydroxylation is 1. The molecule has 150 valence electrons. The molecule has 1 aromatic carbocycles. The predicted molar refractivity (Wildman–Crippen MR) is 108 cm³/mol. The summed E-state index contributed by atoms with van der Waals surface area (Å²) < 4.78 is 10.4. The second-order valence-electron chi connectivity index (χ2n) is 7.09. The van der Waals surface area contributed by atoms with Crippen molar-refractivity contribution in [1.29, 1.82) is 0 Å². The third-order valence-corrected chi connectivity index (χ3v) is 5.41. The average Bonchev–Trinajstić information content (AvgIpc) is 3.12. The molecular weight excluding hydrogens is 380 g/mol. The Morgan fingerprint density at radius 2 is 2.18 bits per heavy atom. The lowest BCUT2D eigenvalue weighted by Gasteiger charge is -2.32. The van der Waals surface area contributed by atoms with E-state index < -0.39 is 0 Å². The molecule has 1 aliphatic heterocycles. The van der Waals surface area contributed by atoms with E-state index in [1.54, 1.807) is 44.6 Å². The molecule has 6 nitrogen and oxygen atoms in total. The molecule has 0 spiro atoms. The Morgan fingerprint density at radius 1 is 1.36 bits per heavy atom. The normalized spacial score (nSPS) is 16.7. The van der Waals surface area contributed by atoms with Crippen molar-refractivity contribution < 1.29 is 18.7 Å². The van der Waals surface area contributed by atoms with Crippen LogP contribution >= 0.6 is 11.6 Å². The van der Waals surface area contributed by atoms with Crippen LogP contribution in [0.25, 0.3) is 0 Å². The molecular formula is C21H25ClN2O4. The Labute approximate surface area is 169 Å². The molecule has 3 rings (SSSR count). The highest BCUT2D eigenvalue weighted by Gasteiger charge is 2.26. The number of anilines is 1. The monoisotopic (exact) mass is 404 g/mol. The second-order valence-corrected chi connectivity index (χ2v) is 7.49. The Balaban J connectivity index is 1.50. The fourth-order valence-corrected chi connectivity index (χ4v) is 3.82. The maximum Gasteiger partial charge on any atom is 0.257 e. The number of ether oxygens (including phenoxy) is 1. The first-order chi connectivity index (χ1) is 13.5. The quantitative estimate of drug-likeness (QED) is 0.768. The lowest BCUT2D eigenvalue weighted by Crippen LogP contribution is -2.40. The summed E-state index contributed by atoms with van der Waals surface area (Å²) >= 11 is 6.09. The lowest BCUT2D eigenvalue weighted by molar-refractivity contribution is -0.116. The highest BCUT2D eigenvalue weighted by atomic mass is 35.5. The van der Waals surface area contributed by atoms with Crippen LogP contribution in [0.5, 0.6) is 5.75 Å². The molecule has 1 fully saturated rings. The SMILES string of the molecule is COc1ccc(NC(=O)CC[C@H]2CCCN(C(=O)c3ccoc3C)C2)cc1Cl. The Kier molecular flexibility index (Phi) is 6.62. The number of carbonyl (C=O) groups is 2. The van der Waals surface area contributed by atoms with Gasteiger partial charge in [0.2, 0.25) is 5.91 Å². The largest absolute Gasteiger partial charge is 0.495 e. The summed E-state index contributed by atoms with van der Waals surface area (Å²) in [5.74, 6) is 1.47. The number of nitrogens with zero attached hydrogens (tertiary/aromatic N) is 1. The standard InChI is InChI=1S/C21H25ClN2O4/c1-14-17(9-11-28-14)21(26)24-10-3-4-15(13-24)5-8-20(25)23-16-6-7-19(27-2)18(22)12-16/h6-7,9,11-12,15H,3-5,8,10,13H2,1-2H3,(H,23,25)/t15-/m1/s1.